The largest absolute Gasteiger partial charge is 0.394 e. The van der Waals surface area contributed by atoms with Gasteiger partial charge < -0.3 is 15.2 Å². The number of carbonyl (C=O) groups is 1. The van der Waals surface area contributed by atoms with Gasteiger partial charge in [0.1, 0.15) is 0 Å². The van der Waals surface area contributed by atoms with Crippen molar-refractivity contribution >= 4 is 5.91 Å². The first-order valence-electron chi connectivity index (χ1n) is 4.76. The Kier molecular flexibility index (Phi) is 9.03. The van der Waals surface area contributed by atoms with Crippen LogP contribution in [0, 0.1) is 0 Å². The molecule has 0 spiro atoms. The Morgan fingerprint density at radius 3 is 2.85 bits per heavy atom. The molecule has 0 aromatic carbocycles. The summed E-state index contributed by atoms with van der Waals surface area (Å²) in [6, 6.07) is 0. The van der Waals surface area contributed by atoms with Crippen LogP contribution in [0.15, 0.2) is 0 Å². The molecule has 0 saturated carbocycles. The summed E-state index contributed by atoms with van der Waals surface area (Å²) in [4.78, 5) is 10.9. The summed E-state index contributed by atoms with van der Waals surface area (Å²) >= 11 is 0. The van der Waals surface area contributed by atoms with Crippen molar-refractivity contribution in [3.8, 4) is 0 Å². The van der Waals surface area contributed by atoms with Gasteiger partial charge in [0.15, 0.2) is 0 Å². The van der Waals surface area contributed by atoms with Crippen LogP contribution in [0.1, 0.15) is 26.2 Å². The third-order valence-electron chi connectivity index (χ3n) is 1.50. The lowest BCUT2D eigenvalue weighted by Crippen LogP contribution is -2.24. The second-order valence-corrected chi connectivity index (χ2v) is 2.79. The van der Waals surface area contributed by atoms with Crippen LogP contribution in [0.25, 0.3) is 0 Å². The number of hydrogen-bond donors (Lipinski definition) is 2. The fourth-order valence-electron chi connectivity index (χ4n) is 0.884. The SMILES string of the molecule is CCCC(=O)NCCCOCCO. The zero-order valence-electron chi connectivity index (χ0n) is 8.21. The van der Waals surface area contributed by atoms with Crippen molar-refractivity contribution in [2.45, 2.75) is 26.2 Å². The molecule has 0 fully saturated rings. The predicted molar refractivity (Wildman–Crippen MR) is 50.4 cm³/mol. The summed E-state index contributed by atoms with van der Waals surface area (Å²) in [6.07, 6.45) is 2.28. The Morgan fingerprint density at radius 2 is 2.23 bits per heavy atom. The maximum absolute atomic E-state index is 10.9. The van der Waals surface area contributed by atoms with Gasteiger partial charge in [0, 0.05) is 19.6 Å². The molecule has 2 N–H and O–H groups in total. The molecule has 0 bridgehead atoms. The second-order valence-electron chi connectivity index (χ2n) is 2.79. The Bertz CT molecular complexity index is 128. The van der Waals surface area contributed by atoms with Crippen LogP contribution in [-0.2, 0) is 9.53 Å². The maximum atomic E-state index is 10.9. The number of amides is 1. The molecule has 4 heteroatoms. The lowest BCUT2D eigenvalue weighted by molar-refractivity contribution is -0.121. The number of ether oxygens (including phenoxy) is 1. The van der Waals surface area contributed by atoms with E-state index in [-0.39, 0.29) is 12.5 Å². The number of hydrogen-bond acceptors (Lipinski definition) is 3. The van der Waals surface area contributed by atoms with Crippen LogP contribution >= 0.6 is 0 Å². The van der Waals surface area contributed by atoms with Crippen LogP contribution in [0.2, 0.25) is 0 Å². The van der Waals surface area contributed by atoms with Gasteiger partial charge >= 0.3 is 0 Å². The van der Waals surface area contributed by atoms with Crippen LogP contribution in [0.4, 0.5) is 0 Å². The van der Waals surface area contributed by atoms with Gasteiger partial charge in [-0.05, 0) is 12.8 Å². The molecule has 4 nitrogen and oxygen atoms in total. The van der Waals surface area contributed by atoms with Gasteiger partial charge in [-0.1, -0.05) is 6.92 Å². The highest BCUT2D eigenvalue weighted by molar-refractivity contribution is 5.75. The van der Waals surface area contributed by atoms with E-state index in [4.69, 9.17) is 9.84 Å². The van der Waals surface area contributed by atoms with E-state index in [9.17, 15) is 4.79 Å². The molecule has 0 rings (SSSR count). The first-order valence-corrected chi connectivity index (χ1v) is 4.76. The predicted octanol–water partition coefficient (Wildman–Crippen LogP) is 0.302. The first-order chi connectivity index (χ1) is 6.31. The zero-order chi connectivity index (χ0) is 9.94. The first kappa shape index (κ1) is 12.4. The normalized spacial score (nSPS) is 10.0. The summed E-state index contributed by atoms with van der Waals surface area (Å²) < 4.78 is 5.02. The molecule has 0 aromatic rings. The van der Waals surface area contributed by atoms with Crippen LogP contribution < -0.4 is 5.32 Å². The van der Waals surface area contributed by atoms with E-state index in [1.54, 1.807) is 0 Å². The minimum Gasteiger partial charge on any atom is -0.394 e. The Hall–Kier alpha value is -0.610. The average Bonchev–Trinajstić information content (AvgIpc) is 2.11. The van der Waals surface area contributed by atoms with Gasteiger partial charge in [0.05, 0.1) is 13.2 Å². The van der Waals surface area contributed by atoms with E-state index in [1.807, 2.05) is 6.92 Å². The lowest BCUT2D eigenvalue weighted by atomic mass is 10.3. The van der Waals surface area contributed by atoms with Crippen LogP contribution in [-0.4, -0.2) is 37.4 Å². The van der Waals surface area contributed by atoms with Crippen molar-refractivity contribution in [2.24, 2.45) is 0 Å². The van der Waals surface area contributed by atoms with Gasteiger partial charge in [-0.15, -0.1) is 0 Å². The van der Waals surface area contributed by atoms with Gasteiger partial charge in [-0.2, -0.15) is 0 Å². The zero-order valence-corrected chi connectivity index (χ0v) is 8.21. The number of carbonyl (C=O) groups excluding carboxylic acids is 1. The molecular formula is C9H19NO3. The minimum atomic E-state index is 0.0577. The van der Waals surface area contributed by atoms with Gasteiger partial charge in [0.25, 0.3) is 0 Å². The van der Waals surface area contributed by atoms with Crippen molar-refractivity contribution in [3.63, 3.8) is 0 Å². The molecule has 0 atom stereocenters. The Balaban J connectivity index is 3.02. The van der Waals surface area contributed by atoms with E-state index >= 15 is 0 Å². The molecule has 0 aliphatic rings. The maximum Gasteiger partial charge on any atom is 0.219 e. The number of aliphatic hydroxyl groups excluding tert-OH is 1. The third kappa shape index (κ3) is 9.30. The van der Waals surface area contributed by atoms with Crippen molar-refractivity contribution in [1.29, 1.82) is 0 Å². The van der Waals surface area contributed by atoms with Crippen LogP contribution in [0.3, 0.4) is 0 Å². The molecule has 0 aromatic heterocycles. The minimum absolute atomic E-state index is 0.0577. The molecule has 1 amide bonds. The smallest absolute Gasteiger partial charge is 0.219 e. The highest BCUT2D eigenvalue weighted by Gasteiger charge is 1.96. The summed E-state index contributed by atoms with van der Waals surface area (Å²) in [6.45, 7) is 3.66. The Morgan fingerprint density at radius 1 is 1.46 bits per heavy atom. The van der Waals surface area contributed by atoms with E-state index < -0.39 is 0 Å². The van der Waals surface area contributed by atoms with Gasteiger partial charge in [-0.25, -0.2) is 0 Å². The fourth-order valence-corrected chi connectivity index (χ4v) is 0.884. The number of rotatable bonds is 8. The Labute approximate surface area is 79.3 Å². The van der Waals surface area contributed by atoms with Crippen molar-refractivity contribution in [2.75, 3.05) is 26.4 Å². The summed E-state index contributed by atoms with van der Waals surface area (Å²) in [5, 5.41) is 11.2. The fraction of sp³-hybridized carbons (Fsp3) is 0.889. The molecular weight excluding hydrogens is 170 g/mol. The quantitative estimate of drug-likeness (QED) is 0.540. The van der Waals surface area contributed by atoms with Crippen LogP contribution in [0.5, 0.6) is 0 Å². The molecule has 0 unspecified atom stereocenters. The van der Waals surface area contributed by atoms with E-state index in [1.165, 1.54) is 0 Å². The number of nitrogens with one attached hydrogen (secondary N) is 1. The lowest BCUT2D eigenvalue weighted by Gasteiger charge is -2.04. The third-order valence-corrected chi connectivity index (χ3v) is 1.50. The highest BCUT2D eigenvalue weighted by atomic mass is 16.5. The summed E-state index contributed by atoms with van der Waals surface area (Å²) in [7, 11) is 0. The molecule has 0 radical (unpaired) electrons. The monoisotopic (exact) mass is 189 g/mol. The van der Waals surface area contributed by atoms with E-state index in [2.05, 4.69) is 5.32 Å². The van der Waals surface area contributed by atoms with E-state index in [0.29, 0.717) is 26.2 Å². The van der Waals surface area contributed by atoms with Gasteiger partial charge in [0.2, 0.25) is 5.91 Å². The second kappa shape index (κ2) is 9.48. The highest BCUT2D eigenvalue weighted by Crippen LogP contribution is 1.86. The average molecular weight is 189 g/mol. The van der Waals surface area contributed by atoms with Gasteiger partial charge in [-0.3, -0.25) is 4.79 Å². The molecule has 78 valence electrons. The molecule has 0 aliphatic heterocycles. The van der Waals surface area contributed by atoms with Crippen molar-refractivity contribution in [1.82, 2.24) is 5.32 Å². The summed E-state index contributed by atoms with van der Waals surface area (Å²) in [5.41, 5.74) is 0. The van der Waals surface area contributed by atoms with E-state index in [0.717, 1.165) is 12.8 Å². The molecule has 0 aliphatic carbocycles. The summed E-state index contributed by atoms with van der Waals surface area (Å²) in [5.74, 6) is 0.102. The number of aliphatic hydroxyl groups is 1. The topological polar surface area (TPSA) is 58.6 Å². The molecule has 13 heavy (non-hydrogen) atoms. The molecule has 0 saturated heterocycles. The van der Waals surface area contributed by atoms with Crippen molar-refractivity contribution in [3.05, 3.63) is 0 Å². The standard InChI is InChI=1S/C9H19NO3/c1-2-4-9(12)10-5-3-7-13-8-6-11/h11H,2-8H2,1H3,(H,10,12). The molecule has 0 heterocycles. The van der Waals surface area contributed by atoms with Crippen molar-refractivity contribution < 1.29 is 14.6 Å².